The highest BCUT2D eigenvalue weighted by molar-refractivity contribution is 7.47. The smallest absolute Gasteiger partial charge is 0.462 e. The lowest BCUT2D eigenvalue weighted by molar-refractivity contribution is -0.161. The van der Waals surface area contributed by atoms with Crippen molar-refractivity contribution in [1.29, 1.82) is 0 Å². The third kappa shape index (κ3) is 66.7. The number of esters is 4. The molecule has 0 heterocycles. The Morgan fingerprint density at radius 2 is 0.500 bits per heavy atom. The second-order valence-corrected chi connectivity index (χ2v) is 30.7. The van der Waals surface area contributed by atoms with Crippen LogP contribution in [0.5, 0.6) is 0 Å². The zero-order valence-corrected chi connectivity index (χ0v) is 61.8. The standard InChI is InChI=1S/C73H142O17P2/c1-8-9-10-11-12-13-14-15-16-19-22-25-28-31-40-47-54-70(75)83-60-68(89-72(77)56-49-42-32-29-26-23-20-17-18-21-24-27-30-37-44-51-64(2)3)62-87-91(79,80)85-58-67(74)59-86-92(81,82)88-63-69(90-73(78)57-50-43-36-34-39-46-53-66(6)7)61-84-71(76)55-48-41-35-33-38-45-52-65(4)5/h64-69,74H,8-63H2,1-7H3,(H,79,80)(H,81,82)/t67-,68-,69-/m1/s1. The number of unbranched alkanes of at least 4 members (excludes halogenated alkanes) is 39. The van der Waals surface area contributed by atoms with Crippen LogP contribution >= 0.6 is 15.6 Å². The lowest BCUT2D eigenvalue weighted by atomic mass is 10.0. The maximum absolute atomic E-state index is 13.1. The third-order valence-electron chi connectivity index (χ3n) is 16.9. The van der Waals surface area contributed by atoms with Gasteiger partial charge in [0.15, 0.2) is 12.2 Å². The van der Waals surface area contributed by atoms with Gasteiger partial charge >= 0.3 is 39.5 Å². The van der Waals surface area contributed by atoms with Crippen LogP contribution in [-0.4, -0.2) is 96.7 Å². The van der Waals surface area contributed by atoms with Gasteiger partial charge in [0.25, 0.3) is 0 Å². The van der Waals surface area contributed by atoms with E-state index in [1.165, 1.54) is 173 Å². The average molecular weight is 1350 g/mol. The molecule has 0 aliphatic heterocycles. The van der Waals surface area contributed by atoms with Gasteiger partial charge in [-0.2, -0.15) is 0 Å². The molecule has 0 saturated carbocycles. The fourth-order valence-corrected chi connectivity index (χ4v) is 12.7. The van der Waals surface area contributed by atoms with Gasteiger partial charge in [-0.15, -0.1) is 0 Å². The van der Waals surface area contributed by atoms with Gasteiger partial charge in [0, 0.05) is 25.7 Å². The summed E-state index contributed by atoms with van der Waals surface area (Å²) in [4.78, 5) is 72.6. The van der Waals surface area contributed by atoms with Gasteiger partial charge in [-0.25, -0.2) is 9.13 Å². The summed E-state index contributed by atoms with van der Waals surface area (Å²) in [6, 6.07) is 0. The van der Waals surface area contributed by atoms with Crippen molar-refractivity contribution in [2.75, 3.05) is 39.6 Å². The highest BCUT2D eigenvalue weighted by atomic mass is 31.2. The lowest BCUT2D eigenvalue weighted by Gasteiger charge is -2.21. The van der Waals surface area contributed by atoms with Crippen LogP contribution < -0.4 is 0 Å². The SMILES string of the molecule is CCCCCCCCCCCCCCCCCCC(=O)OC[C@H](COP(=O)(O)OC[C@@H](O)COP(=O)(O)OC[C@@H](COC(=O)CCCCCCCCC(C)C)OC(=O)CCCCCCCCC(C)C)OC(=O)CCCCCCCCCCCCCCCCCC(C)C. The molecule has 0 spiro atoms. The summed E-state index contributed by atoms with van der Waals surface area (Å²) in [5, 5.41) is 10.6. The second kappa shape index (κ2) is 63.8. The Kier molecular flexibility index (Phi) is 62.4. The van der Waals surface area contributed by atoms with Gasteiger partial charge in [-0.3, -0.25) is 37.3 Å². The van der Waals surface area contributed by atoms with Crippen LogP contribution in [0.15, 0.2) is 0 Å². The summed E-state index contributed by atoms with van der Waals surface area (Å²) in [5.74, 6) is 0.0232. The van der Waals surface area contributed by atoms with Crippen LogP contribution in [0, 0.1) is 17.8 Å². The summed E-state index contributed by atoms with van der Waals surface area (Å²) in [6.45, 7) is 11.7. The number of phosphoric acid groups is 2. The number of hydrogen-bond donors (Lipinski definition) is 3. The number of phosphoric ester groups is 2. The molecule has 19 heteroatoms. The maximum Gasteiger partial charge on any atom is 0.472 e. The highest BCUT2D eigenvalue weighted by Gasteiger charge is 2.30. The molecule has 0 saturated heterocycles. The molecule has 17 nitrogen and oxygen atoms in total. The number of aliphatic hydroxyl groups is 1. The molecule has 3 N–H and O–H groups in total. The van der Waals surface area contributed by atoms with Gasteiger partial charge in [0.05, 0.1) is 26.4 Å². The molecule has 2 unspecified atom stereocenters. The summed E-state index contributed by atoms with van der Waals surface area (Å²) >= 11 is 0. The van der Waals surface area contributed by atoms with Crippen LogP contribution in [0.1, 0.15) is 370 Å². The highest BCUT2D eigenvalue weighted by Crippen LogP contribution is 2.45. The molecule has 0 aromatic carbocycles. The van der Waals surface area contributed by atoms with Crippen molar-refractivity contribution in [1.82, 2.24) is 0 Å². The first kappa shape index (κ1) is 90.1. The first-order valence-corrected chi connectivity index (χ1v) is 40.8. The molecule has 0 aliphatic rings. The summed E-state index contributed by atoms with van der Waals surface area (Å²) in [5.41, 5.74) is 0. The number of hydrogen-bond acceptors (Lipinski definition) is 15. The van der Waals surface area contributed by atoms with Gasteiger partial charge < -0.3 is 33.8 Å². The van der Waals surface area contributed by atoms with E-state index in [0.717, 1.165) is 102 Å². The van der Waals surface area contributed by atoms with Gasteiger partial charge in [0.2, 0.25) is 0 Å². The fourth-order valence-electron chi connectivity index (χ4n) is 11.1. The number of rotatable bonds is 71. The minimum absolute atomic E-state index is 0.101. The molecule has 0 aromatic rings. The Morgan fingerprint density at radius 3 is 0.739 bits per heavy atom. The Balaban J connectivity index is 5.20. The monoisotopic (exact) mass is 1350 g/mol. The molecular formula is C73H142O17P2. The van der Waals surface area contributed by atoms with Crippen LogP contribution in [-0.2, 0) is 65.4 Å². The second-order valence-electron chi connectivity index (χ2n) is 27.8. The average Bonchev–Trinajstić information content (AvgIpc) is 2.72. The normalized spacial score (nSPS) is 14.1. The molecular weight excluding hydrogens is 1210 g/mol. The predicted octanol–water partition coefficient (Wildman–Crippen LogP) is 21.0. The molecule has 0 radical (unpaired) electrons. The molecule has 0 amide bonds. The van der Waals surface area contributed by atoms with Crippen molar-refractivity contribution in [3.8, 4) is 0 Å². The third-order valence-corrected chi connectivity index (χ3v) is 18.8. The van der Waals surface area contributed by atoms with E-state index < -0.39 is 97.5 Å². The fraction of sp³-hybridized carbons (Fsp3) is 0.945. The molecule has 546 valence electrons. The van der Waals surface area contributed by atoms with E-state index >= 15 is 0 Å². The topological polar surface area (TPSA) is 237 Å². The quantitative estimate of drug-likeness (QED) is 0.0222. The van der Waals surface area contributed by atoms with Crippen molar-refractivity contribution >= 4 is 39.5 Å². The lowest BCUT2D eigenvalue weighted by Crippen LogP contribution is -2.30. The Morgan fingerprint density at radius 1 is 0.293 bits per heavy atom. The Bertz CT molecular complexity index is 1800. The molecule has 0 rings (SSSR count). The number of ether oxygens (including phenoxy) is 4. The van der Waals surface area contributed by atoms with Crippen LogP contribution in [0.25, 0.3) is 0 Å². The van der Waals surface area contributed by atoms with E-state index in [0.29, 0.717) is 37.5 Å². The van der Waals surface area contributed by atoms with E-state index in [2.05, 4.69) is 48.5 Å². The van der Waals surface area contributed by atoms with Gasteiger partial charge in [-0.1, -0.05) is 318 Å². The zero-order valence-electron chi connectivity index (χ0n) is 60.0. The molecule has 0 fully saturated rings. The van der Waals surface area contributed by atoms with Crippen molar-refractivity contribution in [2.24, 2.45) is 17.8 Å². The first-order chi connectivity index (χ1) is 44.2. The van der Waals surface area contributed by atoms with Gasteiger partial charge in [0.1, 0.15) is 19.3 Å². The minimum Gasteiger partial charge on any atom is -0.462 e. The summed E-state index contributed by atoms with van der Waals surface area (Å²) < 4.78 is 68.3. The Labute approximate surface area is 562 Å². The summed E-state index contributed by atoms with van der Waals surface area (Å²) in [6.07, 6.45) is 49.0. The largest absolute Gasteiger partial charge is 0.472 e. The van der Waals surface area contributed by atoms with Crippen LogP contribution in [0.3, 0.4) is 0 Å². The zero-order chi connectivity index (χ0) is 68.0. The van der Waals surface area contributed by atoms with Crippen molar-refractivity contribution in [3.63, 3.8) is 0 Å². The van der Waals surface area contributed by atoms with E-state index in [1.54, 1.807) is 0 Å². The van der Waals surface area contributed by atoms with E-state index in [1.807, 2.05) is 0 Å². The molecule has 0 aliphatic carbocycles. The van der Waals surface area contributed by atoms with Crippen molar-refractivity contribution in [3.05, 3.63) is 0 Å². The molecule has 5 atom stereocenters. The van der Waals surface area contributed by atoms with E-state index in [-0.39, 0.29) is 25.7 Å². The van der Waals surface area contributed by atoms with Gasteiger partial charge in [-0.05, 0) is 43.4 Å². The van der Waals surface area contributed by atoms with E-state index in [9.17, 15) is 43.2 Å². The predicted molar refractivity (Wildman–Crippen MR) is 372 cm³/mol. The summed E-state index contributed by atoms with van der Waals surface area (Å²) in [7, 11) is -9.90. The number of carbonyl (C=O) groups is 4. The molecule has 92 heavy (non-hydrogen) atoms. The van der Waals surface area contributed by atoms with Crippen LogP contribution in [0.4, 0.5) is 0 Å². The molecule has 0 bridgehead atoms. The Hall–Kier alpha value is -1.94. The number of aliphatic hydroxyl groups excluding tert-OH is 1. The van der Waals surface area contributed by atoms with Crippen LogP contribution in [0.2, 0.25) is 0 Å². The van der Waals surface area contributed by atoms with Crippen molar-refractivity contribution < 1.29 is 80.2 Å². The van der Waals surface area contributed by atoms with E-state index in [4.69, 9.17) is 37.0 Å². The maximum atomic E-state index is 13.1. The molecule has 0 aromatic heterocycles. The first-order valence-electron chi connectivity index (χ1n) is 37.8. The number of carbonyl (C=O) groups excluding carboxylic acids is 4. The minimum atomic E-state index is -4.96. The van der Waals surface area contributed by atoms with Crippen molar-refractivity contribution in [2.45, 2.75) is 388 Å².